The first-order chi connectivity index (χ1) is 11.9. The Morgan fingerprint density at radius 1 is 1.36 bits per heavy atom. The first kappa shape index (κ1) is 17.5. The summed E-state index contributed by atoms with van der Waals surface area (Å²) in [5, 5.41) is 12.1. The molecular formula is C18H19FN2O3S. The van der Waals surface area contributed by atoms with E-state index < -0.39 is 11.5 Å². The SMILES string of the molecule is CC1(C(=O)O)CCCN1C(=O)Cc1csc(Cc2ccc(F)cc2)n1. The molecular weight excluding hydrogens is 343 g/mol. The molecule has 2 heterocycles. The minimum absolute atomic E-state index is 0.1000. The van der Waals surface area contributed by atoms with Crippen molar-refractivity contribution >= 4 is 23.2 Å². The van der Waals surface area contributed by atoms with Gasteiger partial charge in [0.15, 0.2) is 0 Å². The summed E-state index contributed by atoms with van der Waals surface area (Å²) in [6, 6.07) is 6.25. The highest BCUT2D eigenvalue weighted by Crippen LogP contribution is 2.30. The Labute approximate surface area is 149 Å². The van der Waals surface area contributed by atoms with Gasteiger partial charge >= 0.3 is 5.97 Å². The van der Waals surface area contributed by atoms with Gasteiger partial charge in [-0.3, -0.25) is 4.79 Å². The summed E-state index contributed by atoms with van der Waals surface area (Å²) in [7, 11) is 0. The van der Waals surface area contributed by atoms with Gasteiger partial charge in [-0.15, -0.1) is 11.3 Å². The first-order valence-corrected chi connectivity index (χ1v) is 8.98. The number of thiazole rings is 1. The third-order valence-corrected chi connectivity index (χ3v) is 5.50. The lowest BCUT2D eigenvalue weighted by molar-refractivity contribution is -0.155. The van der Waals surface area contributed by atoms with Gasteiger partial charge in [-0.25, -0.2) is 14.2 Å². The number of rotatable bonds is 5. The molecule has 1 N–H and O–H groups in total. The second-order valence-electron chi connectivity index (χ2n) is 6.44. The Kier molecular flexibility index (Phi) is 4.85. The highest BCUT2D eigenvalue weighted by molar-refractivity contribution is 7.09. The van der Waals surface area contributed by atoms with Crippen LogP contribution in [0.3, 0.4) is 0 Å². The fourth-order valence-electron chi connectivity index (χ4n) is 3.12. The molecule has 3 rings (SSSR count). The van der Waals surface area contributed by atoms with Crippen molar-refractivity contribution < 1.29 is 19.1 Å². The third kappa shape index (κ3) is 3.71. The monoisotopic (exact) mass is 362 g/mol. The number of carboxylic acid groups (broad SMARTS) is 1. The number of nitrogens with zero attached hydrogens (tertiary/aromatic N) is 2. The largest absolute Gasteiger partial charge is 0.480 e. The van der Waals surface area contributed by atoms with Crippen molar-refractivity contribution in [2.24, 2.45) is 0 Å². The van der Waals surface area contributed by atoms with E-state index in [4.69, 9.17) is 0 Å². The molecule has 7 heteroatoms. The van der Waals surface area contributed by atoms with Crippen molar-refractivity contribution in [2.45, 2.75) is 38.1 Å². The van der Waals surface area contributed by atoms with Crippen molar-refractivity contribution in [3.63, 3.8) is 0 Å². The van der Waals surface area contributed by atoms with Crippen molar-refractivity contribution in [3.05, 3.63) is 51.7 Å². The Balaban J connectivity index is 1.66. The predicted molar refractivity (Wildman–Crippen MR) is 92.0 cm³/mol. The molecule has 1 unspecified atom stereocenters. The number of halogens is 1. The number of carbonyl (C=O) groups excluding carboxylic acids is 1. The molecule has 1 saturated heterocycles. The number of likely N-dealkylation sites (tertiary alicyclic amines) is 1. The van der Waals surface area contributed by atoms with Gasteiger partial charge < -0.3 is 10.0 Å². The van der Waals surface area contributed by atoms with E-state index in [1.807, 2.05) is 5.38 Å². The molecule has 0 saturated carbocycles. The van der Waals surface area contributed by atoms with Gasteiger partial charge in [0.2, 0.25) is 5.91 Å². The Hall–Kier alpha value is -2.28. The molecule has 0 aliphatic carbocycles. The van der Waals surface area contributed by atoms with Crippen LogP contribution >= 0.6 is 11.3 Å². The first-order valence-electron chi connectivity index (χ1n) is 8.10. The Bertz CT molecular complexity index is 790. The minimum Gasteiger partial charge on any atom is -0.480 e. The normalized spacial score (nSPS) is 20.0. The molecule has 0 spiro atoms. The van der Waals surface area contributed by atoms with Gasteiger partial charge in [0, 0.05) is 18.3 Å². The number of carboxylic acids is 1. The van der Waals surface area contributed by atoms with E-state index in [1.54, 1.807) is 19.1 Å². The van der Waals surface area contributed by atoms with Gasteiger partial charge in [-0.1, -0.05) is 12.1 Å². The second kappa shape index (κ2) is 6.92. The maximum Gasteiger partial charge on any atom is 0.329 e. The van der Waals surface area contributed by atoms with Crippen molar-refractivity contribution in [1.82, 2.24) is 9.88 Å². The standard InChI is InChI=1S/C18H19FN2O3S/c1-18(17(23)24)7-2-8-21(18)16(22)10-14-11-25-15(20-14)9-12-3-5-13(19)6-4-12/h3-6,11H,2,7-10H2,1H3,(H,23,24). The van der Waals surface area contributed by atoms with Crippen LogP contribution in [0.2, 0.25) is 0 Å². The van der Waals surface area contributed by atoms with Crippen LogP contribution in [0.15, 0.2) is 29.6 Å². The lowest BCUT2D eigenvalue weighted by atomic mass is 9.99. The fraction of sp³-hybridized carbons (Fsp3) is 0.389. The summed E-state index contributed by atoms with van der Waals surface area (Å²) in [4.78, 5) is 29.9. The van der Waals surface area contributed by atoms with Crippen LogP contribution in [0, 0.1) is 5.82 Å². The maximum atomic E-state index is 12.9. The number of amides is 1. The molecule has 5 nitrogen and oxygen atoms in total. The number of benzene rings is 1. The van der Waals surface area contributed by atoms with Crippen LogP contribution in [-0.2, 0) is 22.4 Å². The number of hydrogen-bond acceptors (Lipinski definition) is 4. The summed E-state index contributed by atoms with van der Waals surface area (Å²) < 4.78 is 12.9. The summed E-state index contributed by atoms with van der Waals surface area (Å²) >= 11 is 1.45. The number of hydrogen-bond donors (Lipinski definition) is 1. The molecule has 2 aromatic rings. The van der Waals surface area contributed by atoms with E-state index in [0.717, 1.165) is 10.6 Å². The third-order valence-electron chi connectivity index (χ3n) is 4.60. The summed E-state index contributed by atoms with van der Waals surface area (Å²) in [5.41, 5.74) is 0.475. The number of aliphatic carboxylic acids is 1. The molecule has 0 radical (unpaired) electrons. The van der Waals surface area contributed by atoms with E-state index in [9.17, 15) is 19.1 Å². The highest BCUT2D eigenvalue weighted by atomic mass is 32.1. The van der Waals surface area contributed by atoms with Gasteiger partial charge in [-0.05, 0) is 37.5 Å². The zero-order valence-electron chi connectivity index (χ0n) is 13.9. The second-order valence-corrected chi connectivity index (χ2v) is 7.38. The molecule has 1 aliphatic rings. The zero-order chi connectivity index (χ0) is 18.0. The van der Waals surface area contributed by atoms with Crippen molar-refractivity contribution in [3.8, 4) is 0 Å². The van der Waals surface area contributed by atoms with Crippen LogP contribution in [0.25, 0.3) is 0 Å². The van der Waals surface area contributed by atoms with E-state index in [1.165, 1.54) is 28.4 Å². The number of carbonyl (C=O) groups is 2. The van der Waals surface area contributed by atoms with Gasteiger partial charge in [0.1, 0.15) is 11.4 Å². The van der Waals surface area contributed by atoms with Crippen LogP contribution in [0.1, 0.15) is 36.0 Å². The Morgan fingerprint density at radius 3 is 2.76 bits per heavy atom. The summed E-state index contributed by atoms with van der Waals surface area (Å²) in [6.45, 7) is 2.06. The molecule has 1 fully saturated rings. The molecule has 132 valence electrons. The zero-order valence-corrected chi connectivity index (χ0v) is 14.7. The smallest absolute Gasteiger partial charge is 0.329 e. The topological polar surface area (TPSA) is 70.5 Å². The van der Waals surface area contributed by atoms with E-state index in [-0.39, 0.29) is 18.1 Å². The molecule has 1 aromatic carbocycles. The Morgan fingerprint density at radius 2 is 2.08 bits per heavy atom. The summed E-state index contributed by atoms with van der Waals surface area (Å²) in [5.74, 6) is -1.45. The molecule has 1 amide bonds. The average Bonchev–Trinajstić information content (AvgIpc) is 3.17. The van der Waals surface area contributed by atoms with E-state index in [0.29, 0.717) is 31.5 Å². The lowest BCUT2D eigenvalue weighted by Gasteiger charge is -2.31. The molecule has 1 aliphatic heterocycles. The van der Waals surface area contributed by atoms with Crippen molar-refractivity contribution in [2.75, 3.05) is 6.54 Å². The lowest BCUT2D eigenvalue weighted by Crippen LogP contribution is -2.51. The van der Waals surface area contributed by atoms with E-state index >= 15 is 0 Å². The maximum absolute atomic E-state index is 12.9. The summed E-state index contributed by atoms with van der Waals surface area (Å²) in [6.07, 6.45) is 1.85. The van der Waals surface area contributed by atoms with Crippen LogP contribution < -0.4 is 0 Å². The van der Waals surface area contributed by atoms with Crippen molar-refractivity contribution in [1.29, 1.82) is 0 Å². The van der Waals surface area contributed by atoms with Gasteiger partial charge in [0.05, 0.1) is 17.1 Å². The molecule has 1 aromatic heterocycles. The predicted octanol–water partition coefficient (Wildman–Crippen LogP) is 2.88. The average molecular weight is 362 g/mol. The number of aromatic nitrogens is 1. The van der Waals surface area contributed by atoms with Gasteiger partial charge in [0.25, 0.3) is 0 Å². The molecule has 0 bridgehead atoms. The quantitative estimate of drug-likeness (QED) is 0.888. The van der Waals surface area contributed by atoms with E-state index in [2.05, 4.69) is 4.98 Å². The van der Waals surface area contributed by atoms with Crippen LogP contribution in [0.5, 0.6) is 0 Å². The fourth-order valence-corrected chi connectivity index (χ4v) is 3.95. The molecule has 25 heavy (non-hydrogen) atoms. The highest BCUT2D eigenvalue weighted by Gasteiger charge is 2.45. The minimum atomic E-state index is -1.12. The van der Waals surface area contributed by atoms with Gasteiger partial charge in [-0.2, -0.15) is 0 Å². The van der Waals surface area contributed by atoms with Crippen LogP contribution in [0.4, 0.5) is 4.39 Å². The van der Waals surface area contributed by atoms with Crippen LogP contribution in [-0.4, -0.2) is 39.0 Å². The molecule has 1 atom stereocenters.